The van der Waals surface area contributed by atoms with Gasteiger partial charge >= 0.3 is 0 Å². The molecule has 0 saturated carbocycles. The Morgan fingerprint density at radius 2 is 2.24 bits per heavy atom. The van der Waals surface area contributed by atoms with Crippen LogP contribution in [0, 0.1) is 5.92 Å². The van der Waals surface area contributed by atoms with E-state index in [1.165, 1.54) is 0 Å². The molecule has 3 atom stereocenters. The number of rotatable bonds is 7. The molecule has 3 unspecified atom stereocenters. The van der Waals surface area contributed by atoms with Crippen LogP contribution >= 0.6 is 0 Å². The van der Waals surface area contributed by atoms with E-state index in [9.17, 15) is 0 Å². The Morgan fingerprint density at radius 3 is 2.81 bits per heavy atom. The molecule has 6 heteroatoms. The number of methoxy groups -OCH3 is 2. The standard InChI is InChI=1S/C15H25N3O3/c1-5-7-16-13(11-6-8-21-10(11)2)14-15(20-4)18-12(19-3)9-17-14/h9-11,13,16H,5-8H2,1-4H3. The quantitative estimate of drug-likeness (QED) is 0.829. The Balaban J connectivity index is 2.31. The molecule has 0 aliphatic carbocycles. The molecular weight excluding hydrogens is 270 g/mol. The van der Waals surface area contributed by atoms with Crippen LogP contribution in [-0.2, 0) is 4.74 Å². The van der Waals surface area contributed by atoms with Gasteiger partial charge in [0.2, 0.25) is 11.8 Å². The molecule has 2 rings (SSSR count). The van der Waals surface area contributed by atoms with Crippen LogP contribution in [0.3, 0.4) is 0 Å². The summed E-state index contributed by atoms with van der Waals surface area (Å²) in [6.07, 6.45) is 3.91. The predicted molar refractivity (Wildman–Crippen MR) is 79.7 cm³/mol. The lowest BCUT2D eigenvalue weighted by Gasteiger charge is -2.27. The predicted octanol–water partition coefficient (Wildman–Crippen LogP) is 1.96. The first kappa shape index (κ1) is 16.0. The molecule has 0 spiro atoms. The van der Waals surface area contributed by atoms with Crippen molar-refractivity contribution >= 4 is 0 Å². The van der Waals surface area contributed by atoms with E-state index in [1.807, 2.05) is 0 Å². The lowest BCUT2D eigenvalue weighted by molar-refractivity contribution is 0.0944. The van der Waals surface area contributed by atoms with Crippen LogP contribution in [0.15, 0.2) is 6.20 Å². The van der Waals surface area contributed by atoms with Gasteiger partial charge in [-0.25, -0.2) is 4.98 Å². The number of hydrogen-bond acceptors (Lipinski definition) is 6. The van der Waals surface area contributed by atoms with Crippen molar-refractivity contribution in [3.05, 3.63) is 11.9 Å². The van der Waals surface area contributed by atoms with E-state index in [-0.39, 0.29) is 12.1 Å². The Bertz CT molecular complexity index is 456. The second-order valence-corrected chi connectivity index (χ2v) is 5.27. The fraction of sp³-hybridized carbons (Fsp3) is 0.733. The van der Waals surface area contributed by atoms with Gasteiger partial charge in [-0.15, -0.1) is 0 Å². The summed E-state index contributed by atoms with van der Waals surface area (Å²) in [7, 11) is 3.18. The Hall–Kier alpha value is -1.40. The molecule has 2 heterocycles. The summed E-state index contributed by atoms with van der Waals surface area (Å²) in [5.74, 6) is 1.34. The zero-order chi connectivity index (χ0) is 15.2. The van der Waals surface area contributed by atoms with E-state index in [0.29, 0.717) is 17.7 Å². The van der Waals surface area contributed by atoms with Crippen molar-refractivity contribution in [2.45, 2.75) is 38.8 Å². The monoisotopic (exact) mass is 295 g/mol. The van der Waals surface area contributed by atoms with Gasteiger partial charge in [-0.1, -0.05) is 6.92 Å². The average Bonchev–Trinajstić information content (AvgIpc) is 2.94. The van der Waals surface area contributed by atoms with Gasteiger partial charge in [-0.3, -0.25) is 0 Å². The van der Waals surface area contributed by atoms with E-state index in [4.69, 9.17) is 14.2 Å². The third-order valence-corrected chi connectivity index (χ3v) is 3.92. The second-order valence-electron chi connectivity index (χ2n) is 5.27. The molecule has 1 saturated heterocycles. The maximum atomic E-state index is 5.71. The zero-order valence-electron chi connectivity index (χ0n) is 13.3. The van der Waals surface area contributed by atoms with Gasteiger partial charge in [-0.05, 0) is 26.3 Å². The van der Waals surface area contributed by atoms with Crippen LogP contribution in [0.2, 0.25) is 0 Å². The van der Waals surface area contributed by atoms with E-state index in [1.54, 1.807) is 20.4 Å². The molecule has 1 N–H and O–H groups in total. The normalized spacial score (nSPS) is 23.0. The van der Waals surface area contributed by atoms with Crippen molar-refractivity contribution in [3.8, 4) is 11.8 Å². The molecule has 1 aromatic heterocycles. The molecule has 1 fully saturated rings. The van der Waals surface area contributed by atoms with Gasteiger partial charge in [0.1, 0.15) is 5.69 Å². The van der Waals surface area contributed by atoms with Crippen molar-refractivity contribution in [1.29, 1.82) is 0 Å². The number of aromatic nitrogens is 2. The summed E-state index contributed by atoms with van der Waals surface area (Å²) in [6, 6.07) is 0.0795. The van der Waals surface area contributed by atoms with Crippen molar-refractivity contribution in [1.82, 2.24) is 15.3 Å². The second kappa shape index (κ2) is 7.56. The minimum absolute atomic E-state index is 0.0795. The number of nitrogens with one attached hydrogen (secondary N) is 1. The first-order valence-corrected chi connectivity index (χ1v) is 7.51. The summed E-state index contributed by atoms with van der Waals surface area (Å²) in [5.41, 5.74) is 0.828. The first-order valence-electron chi connectivity index (χ1n) is 7.51. The fourth-order valence-corrected chi connectivity index (χ4v) is 2.76. The van der Waals surface area contributed by atoms with Crippen LogP contribution in [0.1, 0.15) is 38.4 Å². The SMILES string of the molecule is CCCNC(c1ncc(OC)nc1OC)C1CCOC1C. The van der Waals surface area contributed by atoms with Gasteiger partial charge < -0.3 is 19.5 Å². The highest BCUT2D eigenvalue weighted by Crippen LogP contribution is 2.36. The summed E-state index contributed by atoms with van der Waals surface area (Å²) < 4.78 is 16.2. The Labute approximate surface area is 126 Å². The zero-order valence-corrected chi connectivity index (χ0v) is 13.3. The molecule has 0 bridgehead atoms. The average molecular weight is 295 g/mol. The van der Waals surface area contributed by atoms with Crippen LogP contribution < -0.4 is 14.8 Å². The van der Waals surface area contributed by atoms with E-state index < -0.39 is 0 Å². The molecule has 1 aromatic rings. The highest BCUT2D eigenvalue weighted by Gasteiger charge is 2.35. The van der Waals surface area contributed by atoms with Gasteiger partial charge in [0, 0.05) is 12.5 Å². The molecular formula is C15H25N3O3. The summed E-state index contributed by atoms with van der Waals surface area (Å²) in [6.45, 7) is 5.98. The Kier molecular flexibility index (Phi) is 5.76. The van der Waals surface area contributed by atoms with E-state index >= 15 is 0 Å². The molecule has 1 aliphatic rings. The lowest BCUT2D eigenvalue weighted by Crippen LogP contribution is -2.33. The van der Waals surface area contributed by atoms with Crippen LogP contribution in [0.4, 0.5) is 0 Å². The third kappa shape index (κ3) is 3.63. The maximum absolute atomic E-state index is 5.71. The molecule has 6 nitrogen and oxygen atoms in total. The highest BCUT2D eigenvalue weighted by molar-refractivity contribution is 5.26. The Morgan fingerprint density at radius 1 is 1.43 bits per heavy atom. The van der Waals surface area contributed by atoms with Crippen molar-refractivity contribution < 1.29 is 14.2 Å². The van der Waals surface area contributed by atoms with Crippen LogP contribution in [-0.4, -0.2) is 43.4 Å². The van der Waals surface area contributed by atoms with Crippen molar-refractivity contribution in [2.24, 2.45) is 5.92 Å². The van der Waals surface area contributed by atoms with Gasteiger partial charge in [0.15, 0.2) is 0 Å². The topological polar surface area (TPSA) is 65.5 Å². The largest absolute Gasteiger partial charge is 0.480 e. The molecule has 0 radical (unpaired) electrons. The van der Waals surface area contributed by atoms with Crippen molar-refractivity contribution in [2.75, 3.05) is 27.4 Å². The van der Waals surface area contributed by atoms with Gasteiger partial charge in [-0.2, -0.15) is 4.98 Å². The molecule has 1 aliphatic heterocycles. The lowest BCUT2D eigenvalue weighted by atomic mass is 9.91. The first-order chi connectivity index (χ1) is 10.2. The molecule has 118 valence electrons. The van der Waals surface area contributed by atoms with Gasteiger partial charge in [0.05, 0.1) is 32.6 Å². The number of ether oxygens (including phenoxy) is 3. The van der Waals surface area contributed by atoms with Crippen molar-refractivity contribution in [3.63, 3.8) is 0 Å². The minimum Gasteiger partial charge on any atom is -0.480 e. The third-order valence-electron chi connectivity index (χ3n) is 3.92. The van der Waals surface area contributed by atoms with E-state index in [2.05, 4.69) is 29.1 Å². The summed E-state index contributed by atoms with van der Waals surface area (Å²) in [5, 5.41) is 3.57. The number of nitrogens with zero attached hydrogens (tertiary/aromatic N) is 2. The fourth-order valence-electron chi connectivity index (χ4n) is 2.76. The highest BCUT2D eigenvalue weighted by atomic mass is 16.5. The molecule has 0 aromatic carbocycles. The van der Waals surface area contributed by atoms with Gasteiger partial charge in [0.25, 0.3) is 0 Å². The summed E-state index contributed by atoms with van der Waals surface area (Å²) >= 11 is 0. The smallest absolute Gasteiger partial charge is 0.240 e. The maximum Gasteiger partial charge on any atom is 0.240 e. The van der Waals surface area contributed by atoms with Crippen LogP contribution in [0.5, 0.6) is 11.8 Å². The minimum atomic E-state index is 0.0795. The van der Waals surface area contributed by atoms with E-state index in [0.717, 1.165) is 31.7 Å². The molecule has 0 amide bonds. The number of hydrogen-bond donors (Lipinski definition) is 1. The molecule has 21 heavy (non-hydrogen) atoms. The van der Waals surface area contributed by atoms with Crippen LogP contribution in [0.25, 0.3) is 0 Å². The summed E-state index contributed by atoms with van der Waals surface area (Å²) in [4.78, 5) is 8.87.